The van der Waals surface area contributed by atoms with Crippen LogP contribution in [0.4, 0.5) is 18.9 Å². The van der Waals surface area contributed by atoms with Crippen LogP contribution >= 0.6 is 0 Å². The fourth-order valence-corrected chi connectivity index (χ4v) is 1.34. The molecule has 1 aromatic carbocycles. The summed E-state index contributed by atoms with van der Waals surface area (Å²) in [6, 6.07) is 6.65. The zero-order valence-electron chi connectivity index (χ0n) is 10.0. The first-order valence-corrected chi connectivity index (χ1v) is 5.27. The fraction of sp³-hybridized carbons (Fsp3) is 0.417. The number of nitrogens with one attached hydrogen (secondary N) is 1. The average Bonchev–Trinajstić information content (AvgIpc) is 2.14. The number of aryl methyl sites for hydroxylation is 1. The molecule has 0 aliphatic carbocycles. The monoisotopic (exact) mass is 261 g/mol. The van der Waals surface area contributed by atoms with Crippen molar-refractivity contribution in [3.63, 3.8) is 0 Å². The van der Waals surface area contributed by atoms with Gasteiger partial charge in [0, 0.05) is 5.69 Å². The summed E-state index contributed by atoms with van der Waals surface area (Å²) in [4.78, 5) is 11.4. The molecule has 0 unspecified atom stereocenters. The molecule has 2 N–H and O–H groups in total. The number of aliphatic hydroxyl groups is 1. The van der Waals surface area contributed by atoms with Crippen molar-refractivity contribution in [3.05, 3.63) is 29.8 Å². The Bertz CT molecular complexity index is 441. The van der Waals surface area contributed by atoms with Crippen molar-refractivity contribution in [1.29, 1.82) is 0 Å². The van der Waals surface area contributed by atoms with Crippen molar-refractivity contribution >= 4 is 11.6 Å². The van der Waals surface area contributed by atoms with E-state index in [9.17, 15) is 18.0 Å². The first kappa shape index (κ1) is 14.5. The van der Waals surface area contributed by atoms with Gasteiger partial charge in [-0.25, -0.2) is 0 Å². The quantitative estimate of drug-likeness (QED) is 0.878. The van der Waals surface area contributed by atoms with Crippen LogP contribution in [0.15, 0.2) is 24.3 Å². The second kappa shape index (κ2) is 4.97. The van der Waals surface area contributed by atoms with E-state index in [0.29, 0.717) is 12.6 Å². The number of carbonyl (C=O) groups excluding carboxylic acids is 1. The van der Waals surface area contributed by atoms with E-state index >= 15 is 0 Å². The van der Waals surface area contributed by atoms with Crippen LogP contribution in [0.1, 0.15) is 18.9 Å². The minimum Gasteiger partial charge on any atom is -0.380 e. The molecule has 0 fully saturated rings. The Labute approximate surface area is 103 Å². The highest BCUT2D eigenvalue weighted by Gasteiger charge is 2.50. The van der Waals surface area contributed by atoms with E-state index in [1.807, 2.05) is 0 Å². The molecule has 0 saturated heterocycles. The van der Waals surface area contributed by atoms with Gasteiger partial charge in [0.05, 0.1) is 6.42 Å². The molecule has 0 heterocycles. The number of hydrogen-bond acceptors (Lipinski definition) is 2. The van der Waals surface area contributed by atoms with E-state index in [1.54, 1.807) is 31.2 Å². The zero-order valence-corrected chi connectivity index (χ0v) is 10.0. The van der Waals surface area contributed by atoms with E-state index in [0.717, 1.165) is 5.56 Å². The molecule has 0 spiro atoms. The van der Waals surface area contributed by atoms with Gasteiger partial charge in [0.25, 0.3) is 0 Å². The summed E-state index contributed by atoms with van der Waals surface area (Å²) >= 11 is 0. The second-order valence-electron chi connectivity index (χ2n) is 4.37. The number of halogens is 3. The maximum Gasteiger partial charge on any atom is 0.417 e. The Morgan fingerprint density at radius 3 is 2.50 bits per heavy atom. The number of anilines is 1. The Hall–Kier alpha value is -1.56. The van der Waals surface area contributed by atoms with Gasteiger partial charge in [-0.2, -0.15) is 13.2 Å². The first-order chi connectivity index (χ1) is 8.12. The summed E-state index contributed by atoms with van der Waals surface area (Å²) in [6.07, 6.45) is -5.87. The van der Waals surface area contributed by atoms with Crippen LogP contribution in [-0.4, -0.2) is 22.8 Å². The van der Waals surface area contributed by atoms with E-state index in [1.165, 1.54) is 0 Å². The van der Waals surface area contributed by atoms with Gasteiger partial charge >= 0.3 is 6.18 Å². The molecule has 0 aliphatic heterocycles. The molecule has 3 nitrogen and oxygen atoms in total. The Morgan fingerprint density at radius 1 is 1.39 bits per heavy atom. The highest BCUT2D eigenvalue weighted by atomic mass is 19.4. The highest BCUT2D eigenvalue weighted by molar-refractivity contribution is 5.91. The van der Waals surface area contributed by atoms with Crippen molar-refractivity contribution < 1.29 is 23.1 Å². The van der Waals surface area contributed by atoms with Crippen LogP contribution < -0.4 is 5.32 Å². The minimum atomic E-state index is -4.84. The normalized spacial score (nSPS) is 15.0. The molecule has 0 aliphatic rings. The van der Waals surface area contributed by atoms with Gasteiger partial charge in [0.15, 0.2) is 5.60 Å². The third kappa shape index (κ3) is 3.73. The summed E-state index contributed by atoms with van der Waals surface area (Å²) < 4.78 is 37.1. The van der Waals surface area contributed by atoms with Gasteiger partial charge in [-0.3, -0.25) is 4.79 Å². The Balaban J connectivity index is 2.68. The largest absolute Gasteiger partial charge is 0.417 e. The van der Waals surface area contributed by atoms with Crippen LogP contribution in [0.2, 0.25) is 0 Å². The van der Waals surface area contributed by atoms with E-state index in [-0.39, 0.29) is 0 Å². The van der Waals surface area contributed by atoms with E-state index < -0.39 is 24.1 Å². The number of alkyl halides is 3. The number of carbonyl (C=O) groups is 1. The predicted molar refractivity (Wildman–Crippen MR) is 61.1 cm³/mol. The van der Waals surface area contributed by atoms with Crippen molar-refractivity contribution in [3.8, 4) is 0 Å². The lowest BCUT2D eigenvalue weighted by Crippen LogP contribution is -2.44. The summed E-state index contributed by atoms with van der Waals surface area (Å²) in [5, 5.41) is 11.5. The molecular formula is C12H14F3NO2. The summed E-state index contributed by atoms with van der Waals surface area (Å²) in [5.41, 5.74) is -1.76. The van der Waals surface area contributed by atoms with Crippen LogP contribution in [-0.2, 0) is 4.79 Å². The summed E-state index contributed by atoms with van der Waals surface area (Å²) in [6.45, 7) is 2.37. The third-order valence-electron chi connectivity index (χ3n) is 2.42. The number of hydrogen-bond donors (Lipinski definition) is 2. The van der Waals surface area contributed by atoms with Gasteiger partial charge in [-0.1, -0.05) is 12.1 Å². The smallest absolute Gasteiger partial charge is 0.380 e. The molecule has 100 valence electrons. The molecule has 0 saturated carbocycles. The lowest BCUT2D eigenvalue weighted by molar-refractivity contribution is -0.252. The lowest BCUT2D eigenvalue weighted by atomic mass is 10.0. The maximum absolute atomic E-state index is 12.4. The van der Waals surface area contributed by atoms with Crippen LogP contribution in [0.3, 0.4) is 0 Å². The maximum atomic E-state index is 12.4. The Kier molecular flexibility index (Phi) is 4.01. The van der Waals surface area contributed by atoms with Crippen molar-refractivity contribution in [2.45, 2.75) is 32.0 Å². The summed E-state index contributed by atoms with van der Waals surface area (Å²) in [7, 11) is 0. The van der Waals surface area contributed by atoms with Crippen molar-refractivity contribution in [2.75, 3.05) is 5.32 Å². The molecular weight excluding hydrogens is 247 g/mol. The minimum absolute atomic E-state index is 0.401. The Morgan fingerprint density at radius 2 is 2.00 bits per heavy atom. The topological polar surface area (TPSA) is 49.3 Å². The van der Waals surface area contributed by atoms with Gasteiger partial charge in [0.2, 0.25) is 5.91 Å². The molecule has 1 aromatic rings. The van der Waals surface area contributed by atoms with E-state index in [4.69, 9.17) is 5.11 Å². The number of benzene rings is 1. The molecule has 18 heavy (non-hydrogen) atoms. The first-order valence-electron chi connectivity index (χ1n) is 5.27. The fourth-order valence-electron chi connectivity index (χ4n) is 1.34. The standard InChI is InChI=1S/C12H14F3NO2/c1-8-4-3-5-9(6-8)16-10(17)7-11(2,18)12(13,14)15/h3-6,18H,7H2,1-2H3,(H,16,17)/t11-/m0/s1. The second-order valence-corrected chi connectivity index (χ2v) is 4.37. The highest BCUT2D eigenvalue weighted by Crippen LogP contribution is 2.32. The van der Waals surface area contributed by atoms with Gasteiger partial charge in [-0.15, -0.1) is 0 Å². The molecule has 0 aromatic heterocycles. The number of rotatable bonds is 3. The van der Waals surface area contributed by atoms with Crippen LogP contribution in [0.25, 0.3) is 0 Å². The van der Waals surface area contributed by atoms with Gasteiger partial charge in [0.1, 0.15) is 0 Å². The molecule has 1 atom stereocenters. The molecule has 6 heteroatoms. The van der Waals surface area contributed by atoms with Crippen molar-refractivity contribution in [2.24, 2.45) is 0 Å². The molecule has 0 bridgehead atoms. The number of amides is 1. The molecule has 1 amide bonds. The zero-order chi connectivity index (χ0) is 14.0. The SMILES string of the molecule is Cc1cccc(NC(=O)C[C@](C)(O)C(F)(F)F)c1. The van der Waals surface area contributed by atoms with Gasteiger partial charge < -0.3 is 10.4 Å². The van der Waals surface area contributed by atoms with Gasteiger partial charge in [-0.05, 0) is 31.5 Å². The van der Waals surface area contributed by atoms with Crippen LogP contribution in [0.5, 0.6) is 0 Å². The van der Waals surface area contributed by atoms with Crippen LogP contribution in [0, 0.1) is 6.92 Å². The average molecular weight is 261 g/mol. The lowest BCUT2D eigenvalue weighted by Gasteiger charge is -2.25. The predicted octanol–water partition coefficient (Wildman–Crippen LogP) is 2.64. The third-order valence-corrected chi connectivity index (χ3v) is 2.42. The van der Waals surface area contributed by atoms with Crippen molar-refractivity contribution in [1.82, 2.24) is 0 Å². The van der Waals surface area contributed by atoms with E-state index in [2.05, 4.69) is 5.32 Å². The summed E-state index contributed by atoms with van der Waals surface area (Å²) in [5.74, 6) is -0.886. The molecule has 1 rings (SSSR count). The molecule has 0 radical (unpaired) electrons.